The van der Waals surface area contributed by atoms with Gasteiger partial charge in [-0.25, -0.2) is 4.79 Å². The lowest BCUT2D eigenvalue weighted by molar-refractivity contribution is -0.128. The van der Waals surface area contributed by atoms with E-state index in [-0.39, 0.29) is 43.9 Å². The monoisotopic (exact) mass is 438 g/mol. The van der Waals surface area contributed by atoms with Gasteiger partial charge in [0, 0.05) is 24.7 Å². The average molecular weight is 438 g/mol. The molecule has 2 aromatic rings. The molecular weight excluding hydrogens is 416 g/mol. The maximum absolute atomic E-state index is 12.7. The molecule has 2 heterocycles. The minimum atomic E-state index is -0.770. The average Bonchev–Trinajstić information content (AvgIpc) is 3.31. The summed E-state index contributed by atoms with van der Waals surface area (Å²) in [7, 11) is 0. The van der Waals surface area contributed by atoms with E-state index in [1.807, 2.05) is 0 Å². The third-order valence-corrected chi connectivity index (χ3v) is 5.01. The van der Waals surface area contributed by atoms with Gasteiger partial charge >= 0.3 is 6.03 Å². The zero-order chi connectivity index (χ0) is 22.7. The molecule has 1 atom stereocenters. The predicted molar refractivity (Wildman–Crippen MR) is 114 cm³/mol. The first-order valence-electron chi connectivity index (χ1n) is 10.1. The van der Waals surface area contributed by atoms with Crippen LogP contribution in [-0.4, -0.2) is 41.5 Å². The Bertz CT molecular complexity index is 1090. The van der Waals surface area contributed by atoms with Crippen LogP contribution in [0, 0.1) is 0 Å². The number of nitrogens with zero attached hydrogens (tertiary/aromatic N) is 1. The molecule has 2 aliphatic rings. The maximum atomic E-state index is 12.7. The van der Waals surface area contributed by atoms with Gasteiger partial charge < -0.3 is 25.4 Å². The minimum absolute atomic E-state index is 0.0406. The predicted octanol–water partition coefficient (Wildman–Crippen LogP) is 2.21. The van der Waals surface area contributed by atoms with Crippen LogP contribution < -0.4 is 25.4 Å². The number of carbonyl (C=O) groups is 4. The Morgan fingerprint density at radius 3 is 2.59 bits per heavy atom. The third kappa shape index (κ3) is 4.80. The molecule has 0 spiro atoms. The smallest absolute Gasteiger partial charge is 0.325 e. The largest absolute Gasteiger partial charge is 0.454 e. The van der Waals surface area contributed by atoms with Crippen LogP contribution >= 0.6 is 0 Å². The number of rotatable bonds is 7. The third-order valence-electron chi connectivity index (χ3n) is 5.01. The highest BCUT2D eigenvalue weighted by Crippen LogP contribution is 2.33. The van der Waals surface area contributed by atoms with Crippen molar-refractivity contribution in [1.29, 1.82) is 0 Å². The van der Waals surface area contributed by atoms with E-state index in [0.29, 0.717) is 22.9 Å². The first kappa shape index (κ1) is 21.2. The van der Waals surface area contributed by atoms with Gasteiger partial charge in [-0.1, -0.05) is 12.1 Å². The molecular formula is C22H22N4O6. The van der Waals surface area contributed by atoms with E-state index in [4.69, 9.17) is 9.47 Å². The fourth-order valence-corrected chi connectivity index (χ4v) is 3.52. The Labute approximate surface area is 183 Å². The maximum Gasteiger partial charge on any atom is 0.325 e. The van der Waals surface area contributed by atoms with Crippen LogP contribution in [-0.2, 0) is 20.9 Å². The summed E-state index contributed by atoms with van der Waals surface area (Å²) in [5, 5.41) is 8.00. The van der Waals surface area contributed by atoms with E-state index < -0.39 is 12.1 Å². The highest BCUT2D eigenvalue weighted by Gasteiger charge is 2.38. The number of anilines is 2. The number of hydrogen-bond acceptors (Lipinski definition) is 6. The molecule has 1 fully saturated rings. The number of ether oxygens (including phenoxy) is 2. The zero-order valence-corrected chi connectivity index (χ0v) is 17.3. The van der Waals surface area contributed by atoms with Crippen molar-refractivity contribution >= 4 is 35.1 Å². The number of benzene rings is 2. The fraction of sp³-hybridized carbons (Fsp3) is 0.273. The van der Waals surface area contributed by atoms with Gasteiger partial charge in [0.2, 0.25) is 18.6 Å². The quantitative estimate of drug-likeness (QED) is 0.569. The van der Waals surface area contributed by atoms with Gasteiger partial charge in [-0.05, 0) is 42.3 Å². The number of imide groups is 1. The standard InChI is InChI=1S/C22H22N4O6/c1-13(27)23-15-3-2-4-16(10-15)24-20(28)8-6-17-21(29)26(22(30)25-17)11-14-5-7-18-19(9-14)32-12-31-18/h2-5,7,9-10,17H,6,8,11-12H2,1H3,(H,23,27)(H,24,28)(H,25,30)/t17-/m1/s1. The lowest BCUT2D eigenvalue weighted by atomic mass is 10.1. The lowest BCUT2D eigenvalue weighted by Gasteiger charge is -2.13. The van der Waals surface area contributed by atoms with Crippen LogP contribution in [0.1, 0.15) is 25.3 Å². The van der Waals surface area contributed by atoms with Crippen molar-refractivity contribution < 1.29 is 28.7 Å². The first-order valence-corrected chi connectivity index (χ1v) is 10.1. The van der Waals surface area contributed by atoms with Gasteiger partial charge in [0.05, 0.1) is 6.54 Å². The fourth-order valence-electron chi connectivity index (χ4n) is 3.52. The molecule has 32 heavy (non-hydrogen) atoms. The second kappa shape index (κ2) is 8.96. The topological polar surface area (TPSA) is 126 Å². The SMILES string of the molecule is CC(=O)Nc1cccc(NC(=O)CC[C@H]2NC(=O)N(Cc3ccc4c(c3)OCO4)C2=O)c1. The highest BCUT2D eigenvalue weighted by molar-refractivity contribution is 6.04. The molecule has 0 saturated carbocycles. The molecule has 0 aliphatic carbocycles. The second-order valence-electron chi connectivity index (χ2n) is 7.46. The van der Waals surface area contributed by atoms with Gasteiger partial charge in [0.15, 0.2) is 11.5 Å². The summed E-state index contributed by atoms with van der Waals surface area (Å²) in [6.07, 6.45) is 0.207. The molecule has 0 unspecified atom stereocenters. The number of fused-ring (bicyclic) bond motifs is 1. The van der Waals surface area contributed by atoms with Crippen molar-refractivity contribution in [2.24, 2.45) is 0 Å². The summed E-state index contributed by atoms with van der Waals surface area (Å²) >= 11 is 0. The van der Waals surface area contributed by atoms with Crippen molar-refractivity contribution in [1.82, 2.24) is 10.2 Å². The Kier molecular flexibility index (Phi) is 5.93. The van der Waals surface area contributed by atoms with Gasteiger partial charge in [-0.15, -0.1) is 0 Å². The first-order chi connectivity index (χ1) is 15.4. The van der Waals surface area contributed by atoms with Crippen molar-refractivity contribution in [3.63, 3.8) is 0 Å². The molecule has 10 heteroatoms. The molecule has 4 rings (SSSR count). The van der Waals surface area contributed by atoms with Crippen molar-refractivity contribution in [2.45, 2.75) is 32.4 Å². The van der Waals surface area contributed by atoms with Crippen LogP contribution in [0.4, 0.5) is 16.2 Å². The van der Waals surface area contributed by atoms with Crippen LogP contribution in [0.3, 0.4) is 0 Å². The summed E-state index contributed by atoms with van der Waals surface area (Å²) in [5.41, 5.74) is 1.82. The van der Waals surface area contributed by atoms with E-state index >= 15 is 0 Å². The minimum Gasteiger partial charge on any atom is -0.454 e. The zero-order valence-electron chi connectivity index (χ0n) is 17.3. The summed E-state index contributed by atoms with van der Waals surface area (Å²) in [6.45, 7) is 1.64. The van der Waals surface area contributed by atoms with Crippen LogP contribution in [0.15, 0.2) is 42.5 Å². The Morgan fingerprint density at radius 1 is 1.06 bits per heavy atom. The van der Waals surface area contributed by atoms with Crippen LogP contribution in [0.25, 0.3) is 0 Å². The van der Waals surface area contributed by atoms with Gasteiger partial charge in [-0.2, -0.15) is 0 Å². The number of hydrogen-bond donors (Lipinski definition) is 3. The molecule has 2 aromatic carbocycles. The number of carbonyl (C=O) groups excluding carboxylic acids is 4. The van der Waals surface area contributed by atoms with Crippen LogP contribution in [0.5, 0.6) is 11.5 Å². The summed E-state index contributed by atoms with van der Waals surface area (Å²) in [5.74, 6) is 0.298. The summed E-state index contributed by atoms with van der Waals surface area (Å²) < 4.78 is 10.6. The van der Waals surface area contributed by atoms with E-state index in [1.54, 1.807) is 42.5 Å². The van der Waals surface area contributed by atoms with Gasteiger partial charge in [0.25, 0.3) is 5.91 Å². The normalized spacial score (nSPS) is 16.7. The molecule has 5 amide bonds. The van der Waals surface area contributed by atoms with Crippen LogP contribution in [0.2, 0.25) is 0 Å². The van der Waals surface area contributed by atoms with E-state index in [0.717, 1.165) is 10.5 Å². The van der Waals surface area contributed by atoms with E-state index in [9.17, 15) is 19.2 Å². The molecule has 166 valence electrons. The highest BCUT2D eigenvalue weighted by atomic mass is 16.7. The molecule has 3 N–H and O–H groups in total. The molecule has 0 radical (unpaired) electrons. The molecule has 2 aliphatic heterocycles. The van der Waals surface area contributed by atoms with Gasteiger partial charge in [-0.3, -0.25) is 19.3 Å². The van der Waals surface area contributed by atoms with E-state index in [2.05, 4.69) is 16.0 Å². The summed E-state index contributed by atoms with van der Waals surface area (Å²) in [4.78, 5) is 49.6. The van der Waals surface area contributed by atoms with Crippen molar-refractivity contribution in [2.75, 3.05) is 17.4 Å². The second-order valence-corrected chi connectivity index (χ2v) is 7.46. The number of urea groups is 1. The Morgan fingerprint density at radius 2 is 1.81 bits per heavy atom. The Hall–Kier alpha value is -4.08. The number of amides is 5. The summed E-state index contributed by atoms with van der Waals surface area (Å²) in [6, 6.07) is 10.7. The van der Waals surface area contributed by atoms with Gasteiger partial charge in [0.1, 0.15) is 6.04 Å². The molecule has 0 aromatic heterocycles. The molecule has 1 saturated heterocycles. The lowest BCUT2D eigenvalue weighted by Crippen LogP contribution is -2.31. The molecule has 10 nitrogen and oxygen atoms in total. The number of nitrogens with one attached hydrogen (secondary N) is 3. The van der Waals surface area contributed by atoms with E-state index in [1.165, 1.54) is 6.92 Å². The van der Waals surface area contributed by atoms with Crippen molar-refractivity contribution in [3.8, 4) is 11.5 Å². The Balaban J connectivity index is 1.30. The molecule has 0 bridgehead atoms. The van der Waals surface area contributed by atoms with Crippen molar-refractivity contribution in [3.05, 3.63) is 48.0 Å².